The summed E-state index contributed by atoms with van der Waals surface area (Å²) >= 11 is 0. The number of hydrogen-bond acceptors (Lipinski definition) is 3. The third-order valence-corrected chi connectivity index (χ3v) is 10.9. The fraction of sp³-hybridized carbons (Fsp3) is 0. The van der Waals surface area contributed by atoms with Crippen molar-refractivity contribution in [2.24, 2.45) is 0 Å². The predicted octanol–water partition coefficient (Wildman–Crippen LogP) is 14.2. The van der Waals surface area contributed by atoms with Crippen LogP contribution < -0.4 is 0 Å². The summed E-state index contributed by atoms with van der Waals surface area (Å²) in [5, 5.41) is 6.94. The molecule has 0 atom stereocenters. The fourth-order valence-electron chi connectivity index (χ4n) is 8.17. The van der Waals surface area contributed by atoms with Crippen molar-refractivity contribution >= 4 is 54.5 Å². The minimum atomic E-state index is 0.867. The van der Waals surface area contributed by atoms with Gasteiger partial charge in [-0.25, -0.2) is 4.98 Å². The Morgan fingerprint density at radius 1 is 0.327 bits per heavy atom. The van der Waals surface area contributed by atoms with Crippen molar-refractivity contribution in [3.8, 4) is 55.8 Å². The van der Waals surface area contributed by atoms with E-state index in [-0.39, 0.29) is 0 Å². The van der Waals surface area contributed by atoms with Crippen LogP contribution in [0, 0.1) is 0 Å². The molecule has 11 aromatic rings. The van der Waals surface area contributed by atoms with Gasteiger partial charge in [0.1, 0.15) is 11.2 Å². The maximum Gasteiger partial charge on any atom is 0.143 e. The van der Waals surface area contributed by atoms with E-state index < -0.39 is 0 Å². The summed E-state index contributed by atoms with van der Waals surface area (Å²) in [6.07, 6.45) is 1.90. The summed E-state index contributed by atoms with van der Waals surface area (Å²) in [4.78, 5) is 10.1. The highest BCUT2D eigenvalue weighted by Crippen LogP contribution is 2.38. The van der Waals surface area contributed by atoms with E-state index in [2.05, 4.69) is 176 Å². The van der Waals surface area contributed by atoms with E-state index >= 15 is 0 Å². The summed E-state index contributed by atoms with van der Waals surface area (Å²) in [6, 6.07) is 66.6. The van der Waals surface area contributed by atoms with Gasteiger partial charge in [0.15, 0.2) is 0 Å². The number of fused-ring (bicyclic) bond motifs is 9. The van der Waals surface area contributed by atoms with Crippen molar-refractivity contribution in [1.29, 1.82) is 0 Å². The Hall–Kier alpha value is -7.36. The molecule has 0 saturated heterocycles. The zero-order valence-electron chi connectivity index (χ0n) is 29.8. The van der Waals surface area contributed by atoms with Crippen LogP contribution >= 0.6 is 0 Å². The molecule has 2 aromatic heterocycles. The van der Waals surface area contributed by atoms with E-state index in [9.17, 15) is 0 Å². The number of hydrogen-bond donors (Lipinski definition) is 0. The van der Waals surface area contributed by atoms with Gasteiger partial charge in [-0.2, -0.15) is 0 Å². The second-order valence-corrected chi connectivity index (χ2v) is 14.1. The maximum absolute atomic E-state index is 6.36. The van der Waals surface area contributed by atoms with Crippen LogP contribution in [0.1, 0.15) is 0 Å². The molecule has 55 heavy (non-hydrogen) atoms. The zero-order chi connectivity index (χ0) is 36.3. The Morgan fingerprint density at radius 3 is 1.47 bits per heavy atom. The molecule has 0 bridgehead atoms. The third-order valence-electron chi connectivity index (χ3n) is 10.9. The molecule has 0 aliphatic carbocycles. The fourth-order valence-corrected chi connectivity index (χ4v) is 8.17. The number of benzene rings is 9. The molecule has 0 amide bonds. The zero-order valence-corrected chi connectivity index (χ0v) is 29.8. The van der Waals surface area contributed by atoms with Crippen LogP contribution in [0.3, 0.4) is 0 Å². The minimum absolute atomic E-state index is 0.867. The van der Waals surface area contributed by atoms with E-state index in [0.29, 0.717) is 0 Å². The summed E-state index contributed by atoms with van der Waals surface area (Å²) < 4.78 is 6.36. The first-order chi connectivity index (χ1) is 27.2. The van der Waals surface area contributed by atoms with Gasteiger partial charge in [0.05, 0.1) is 22.9 Å². The normalized spacial score (nSPS) is 11.6. The summed E-state index contributed by atoms with van der Waals surface area (Å²) in [5.41, 5.74) is 14.9. The number of rotatable bonds is 5. The van der Waals surface area contributed by atoms with Crippen molar-refractivity contribution in [2.45, 2.75) is 0 Å². The molecular formula is C52H32N2O. The summed E-state index contributed by atoms with van der Waals surface area (Å²) in [5.74, 6) is 0. The van der Waals surface area contributed by atoms with Crippen molar-refractivity contribution in [3.63, 3.8) is 0 Å². The lowest BCUT2D eigenvalue weighted by Gasteiger charge is -2.11. The van der Waals surface area contributed by atoms with Gasteiger partial charge in [-0.15, -0.1) is 0 Å². The number of para-hydroxylation sites is 2. The molecule has 3 nitrogen and oxygen atoms in total. The average molecular weight is 701 g/mol. The van der Waals surface area contributed by atoms with Gasteiger partial charge >= 0.3 is 0 Å². The Bertz CT molecular complexity index is 3210. The third kappa shape index (κ3) is 5.28. The van der Waals surface area contributed by atoms with Gasteiger partial charge in [-0.1, -0.05) is 170 Å². The second kappa shape index (κ2) is 12.6. The second-order valence-electron chi connectivity index (χ2n) is 14.1. The molecule has 0 aliphatic heterocycles. The minimum Gasteiger partial charge on any atom is -0.455 e. The number of nitrogens with zero attached hydrogens (tertiary/aromatic N) is 2. The molecule has 0 radical (unpaired) electrons. The van der Waals surface area contributed by atoms with Crippen LogP contribution in [0.2, 0.25) is 0 Å². The highest BCUT2D eigenvalue weighted by atomic mass is 16.3. The molecule has 3 heteroatoms. The lowest BCUT2D eigenvalue weighted by Crippen LogP contribution is -1.92. The Morgan fingerprint density at radius 2 is 0.800 bits per heavy atom. The first-order valence-corrected chi connectivity index (χ1v) is 18.6. The summed E-state index contributed by atoms with van der Waals surface area (Å²) in [7, 11) is 0. The molecule has 0 N–H and O–H groups in total. The van der Waals surface area contributed by atoms with E-state index in [1.54, 1.807) is 0 Å². The van der Waals surface area contributed by atoms with E-state index in [1.807, 2.05) is 18.3 Å². The standard InChI is InChI=1S/C52H32N2O/c1-3-17-45-42(14-1)43-15-2-4-18-46(43)51-50(45)53-32-48(54-51)36-28-26-34(27-29-36)33-22-24-35(25-23-33)37-10-7-11-38(30-37)39-12-8-13-40(31-39)41-19-9-20-47-44-16-5-6-21-49(44)55-52(41)47/h1-32H. The van der Waals surface area contributed by atoms with Crippen LogP contribution in [0.5, 0.6) is 0 Å². The van der Waals surface area contributed by atoms with Gasteiger partial charge in [-0.3, -0.25) is 4.98 Å². The van der Waals surface area contributed by atoms with Gasteiger partial charge < -0.3 is 4.42 Å². The van der Waals surface area contributed by atoms with E-state index in [4.69, 9.17) is 14.4 Å². The topological polar surface area (TPSA) is 38.9 Å². The smallest absolute Gasteiger partial charge is 0.143 e. The Labute approximate surface area is 317 Å². The Kier molecular flexibility index (Phi) is 7.17. The van der Waals surface area contributed by atoms with Crippen LogP contribution in [0.4, 0.5) is 0 Å². The first kappa shape index (κ1) is 31.2. The van der Waals surface area contributed by atoms with E-state index in [1.165, 1.54) is 38.6 Å². The molecule has 0 saturated carbocycles. The molecular weight excluding hydrogens is 669 g/mol. The van der Waals surface area contributed by atoms with E-state index in [0.717, 1.165) is 71.7 Å². The van der Waals surface area contributed by atoms with Crippen LogP contribution in [0.15, 0.2) is 199 Å². The monoisotopic (exact) mass is 700 g/mol. The molecule has 2 heterocycles. The largest absolute Gasteiger partial charge is 0.455 e. The lowest BCUT2D eigenvalue weighted by atomic mass is 9.95. The van der Waals surface area contributed by atoms with Crippen molar-refractivity contribution in [2.75, 3.05) is 0 Å². The molecule has 0 unspecified atom stereocenters. The van der Waals surface area contributed by atoms with Gasteiger partial charge in [0.2, 0.25) is 0 Å². The molecule has 11 rings (SSSR count). The molecule has 256 valence electrons. The SMILES string of the molecule is c1cc(-c2ccc(-c3ccc(-c4cnc5c6ccccc6c6ccccc6c5n4)cc3)cc2)cc(-c2cccc(-c3cccc4c3oc3ccccc34)c2)c1. The van der Waals surface area contributed by atoms with Crippen LogP contribution in [-0.4, -0.2) is 9.97 Å². The van der Waals surface area contributed by atoms with Crippen molar-refractivity contribution in [3.05, 3.63) is 194 Å². The number of aromatic nitrogens is 2. The first-order valence-electron chi connectivity index (χ1n) is 18.6. The molecule has 0 spiro atoms. The van der Waals surface area contributed by atoms with Crippen molar-refractivity contribution < 1.29 is 4.42 Å². The summed E-state index contributed by atoms with van der Waals surface area (Å²) in [6.45, 7) is 0. The van der Waals surface area contributed by atoms with Crippen LogP contribution in [-0.2, 0) is 0 Å². The highest BCUT2D eigenvalue weighted by molar-refractivity contribution is 6.23. The van der Waals surface area contributed by atoms with Gasteiger partial charge in [0.25, 0.3) is 0 Å². The quantitative estimate of drug-likeness (QED) is 0.168. The van der Waals surface area contributed by atoms with Gasteiger partial charge in [0, 0.05) is 32.7 Å². The maximum atomic E-state index is 6.36. The van der Waals surface area contributed by atoms with Crippen LogP contribution in [0.25, 0.3) is 110 Å². The number of furan rings is 1. The van der Waals surface area contributed by atoms with Crippen molar-refractivity contribution in [1.82, 2.24) is 9.97 Å². The molecule has 0 fully saturated rings. The molecule has 0 aliphatic rings. The highest BCUT2D eigenvalue weighted by Gasteiger charge is 2.14. The predicted molar refractivity (Wildman–Crippen MR) is 229 cm³/mol. The lowest BCUT2D eigenvalue weighted by molar-refractivity contribution is 0.670. The average Bonchev–Trinajstić information content (AvgIpc) is 3.66. The van der Waals surface area contributed by atoms with Gasteiger partial charge in [-0.05, 0) is 67.9 Å². The Balaban J connectivity index is 0.871. The molecule has 9 aromatic carbocycles.